The van der Waals surface area contributed by atoms with Gasteiger partial charge in [0.25, 0.3) is 0 Å². The lowest BCUT2D eigenvalue weighted by atomic mass is 9.80. The first-order valence-corrected chi connectivity index (χ1v) is 46.1. The van der Waals surface area contributed by atoms with E-state index < -0.39 is 101 Å². The summed E-state index contributed by atoms with van der Waals surface area (Å²) < 4.78 is 293. The van der Waals surface area contributed by atoms with E-state index in [-0.39, 0.29) is 49.9 Å². The molecule has 0 spiro atoms. The summed E-state index contributed by atoms with van der Waals surface area (Å²) in [5.74, 6) is -4.64. The summed E-state index contributed by atoms with van der Waals surface area (Å²) in [4.78, 5) is 0. The first-order valence-electron chi connectivity index (χ1n) is 61.6. The van der Waals surface area contributed by atoms with Crippen molar-refractivity contribution >= 4 is 87.8 Å². The fourth-order valence-electron chi connectivity index (χ4n) is 22.2. The average molecular weight is 1820 g/mol. The molecule has 0 fully saturated rings. The van der Waals surface area contributed by atoms with Gasteiger partial charge in [-0.15, -0.1) is 0 Å². The summed E-state index contributed by atoms with van der Waals surface area (Å²) in [6, 6.07) is 67.7. The van der Waals surface area contributed by atoms with Crippen LogP contribution in [0.3, 0.4) is 0 Å². The van der Waals surface area contributed by atoms with E-state index in [2.05, 4.69) is 69.3 Å². The van der Waals surface area contributed by atoms with Crippen molar-refractivity contribution in [3.63, 3.8) is 0 Å². The fourth-order valence-corrected chi connectivity index (χ4v) is 22.2. The van der Waals surface area contributed by atoms with Crippen LogP contribution in [0.2, 0.25) is 0 Å². The highest BCUT2D eigenvalue weighted by molar-refractivity contribution is 6.19. The molecule has 8 nitrogen and oxygen atoms in total. The van der Waals surface area contributed by atoms with Gasteiger partial charge in [0.15, 0.2) is 24.8 Å². The van der Waals surface area contributed by atoms with E-state index in [1.165, 1.54) is 22.3 Å². The van der Waals surface area contributed by atoms with Gasteiger partial charge in [-0.2, -0.15) is 0 Å². The number of rotatable bonds is 8. The van der Waals surface area contributed by atoms with Gasteiger partial charge in [-0.05, 0) is 249 Å². The molecule has 8 heteroatoms. The largest absolute Gasteiger partial charge is 0.455 e. The average Bonchev–Trinajstić information content (AvgIpc) is 1.47. The van der Waals surface area contributed by atoms with Gasteiger partial charge in [0.05, 0.1) is 22.3 Å². The molecule has 1 unspecified atom stereocenters. The van der Waals surface area contributed by atoms with Crippen LogP contribution in [0, 0.1) is 55.1 Å². The molecule has 0 radical (unpaired) electrons. The van der Waals surface area contributed by atoms with Gasteiger partial charge in [-0.25, -0.2) is 18.3 Å². The van der Waals surface area contributed by atoms with Crippen molar-refractivity contribution in [1.82, 2.24) is 0 Å². The van der Waals surface area contributed by atoms with Gasteiger partial charge < -0.3 is 17.7 Å². The maximum atomic E-state index is 8.74. The van der Waals surface area contributed by atoms with Crippen LogP contribution >= 0.6 is 0 Å². The third kappa shape index (κ3) is 13.5. The summed E-state index contributed by atoms with van der Waals surface area (Å²) >= 11 is 0. The quantitative estimate of drug-likeness (QED) is 0.142. The lowest BCUT2D eigenvalue weighted by molar-refractivity contribution is -0.660. The highest BCUT2D eigenvalue weighted by Gasteiger charge is 2.43. The number of nitrogens with zero attached hydrogens (tertiary/aromatic N) is 4. The lowest BCUT2D eigenvalue weighted by Gasteiger charge is -2.22. The summed E-state index contributed by atoms with van der Waals surface area (Å²) in [7, 11) is 7.17. The number of aryl methyl sites for hydroxylation is 12. The van der Waals surface area contributed by atoms with E-state index in [9.17, 15) is 0 Å². The minimum absolute atomic E-state index is 0.0956. The first-order chi connectivity index (χ1) is 77.0. The molecule has 24 rings (SSSR count). The van der Waals surface area contributed by atoms with Crippen molar-refractivity contribution in [3.05, 3.63) is 354 Å². The van der Waals surface area contributed by atoms with Crippen molar-refractivity contribution in [2.45, 2.75) is 211 Å². The number of hydrogen-bond donors (Lipinski definition) is 0. The van der Waals surface area contributed by atoms with E-state index in [0.717, 1.165) is 105 Å². The van der Waals surface area contributed by atoms with E-state index in [1.54, 1.807) is 207 Å². The highest BCUT2D eigenvalue weighted by Crippen LogP contribution is 2.59. The molecule has 680 valence electrons. The zero-order valence-electron chi connectivity index (χ0n) is 111. The molecular formula is C128H128N4O4+4. The van der Waals surface area contributed by atoms with E-state index in [1.807, 2.05) is 117 Å². The number of fused-ring (bicyclic) bond motifs is 26. The molecule has 0 bridgehead atoms. The Bertz CT molecular complexity index is 9860. The Labute approximate surface area is 845 Å². The molecule has 0 aliphatic heterocycles. The van der Waals surface area contributed by atoms with E-state index in [0.29, 0.717) is 117 Å². The number of pyridine rings is 4. The van der Waals surface area contributed by atoms with Crippen LogP contribution in [0.5, 0.6) is 0 Å². The standard InChI is InChI=1S/4C32H32NO/c1-18(2)23-15-28(33(7)17-20(23)4)30-19(3)12-13-22-25-14-27-24(16-29(25)34-31(22)30)21-10-8-9-11-26(21)32(27,5)6;1-18(2)23-15-28(33(7)17-20(23)4)30-19(3)12-13-22-25-14-24-21-10-8-9-11-26(21)32(5,6)27(24)16-29(25)34-31(22)30;1-18(2)24-16-26(33(7)17-20(24)4)28-19(3)12-13-23-29-27(34-31(23)28)15-14-22-21-10-8-9-11-25(21)32(5,6)30(22)29;1-18(2)23-16-26(33(7)17-20(23)4)28-19(3)12-13-22-30-27(34-31(22)28)15-14-25-29(30)21-10-8-9-11-24(21)32(25,5)6/h4*8-18H,1-7H3/q4*+1/i4D3,5D3,18D;4D3,5D3,6D3,18D;4D3,18D;4D3,5D3,6D3,18D. The van der Waals surface area contributed by atoms with E-state index in [4.69, 9.17) is 60.2 Å². The van der Waals surface area contributed by atoms with Crippen molar-refractivity contribution in [2.24, 2.45) is 28.2 Å². The molecule has 8 aromatic heterocycles. The van der Waals surface area contributed by atoms with Crippen LogP contribution in [0.4, 0.5) is 0 Å². The molecule has 20 aromatic rings. The third-order valence-electron chi connectivity index (χ3n) is 29.1. The molecule has 12 aromatic carbocycles. The molecule has 0 saturated carbocycles. The summed E-state index contributed by atoms with van der Waals surface area (Å²) in [5, 5.41) is 6.57. The minimum atomic E-state index is -2.89. The number of aromatic nitrogens is 4. The van der Waals surface area contributed by atoms with Crippen LogP contribution in [0.1, 0.15) is 288 Å². The molecule has 0 amide bonds. The SMILES string of the molecule is [2H]C([2H])([2H])c1c[n+](C)c(-c2c(C)ccc3c2oc2cc4c(cc23)-c2ccccc2C4(C([2H])([2H])[2H])C([2H])([2H])[2H])cc1C([2H])(C)C.[2H]C([2H])([2H])c1c[n+](C)c(-c2c(C)ccc3c2oc2cc4c(cc23)C(C)(C([2H])([2H])[2H])c2ccccc2-4)cc1C([2H])(C)C.[2H]C([2H])([2H])c1c[n+](C)c(-c2c(C)ccc3c2oc2ccc4c(c23)-c2ccccc2C4(C([2H])([2H])[2H])C([2H])([2H])[2H])cc1C([2H])(C)C.[2H]C([2H])([2H])c1c[n+](C)c(-c2c(C)ccc3c2oc2ccc4c(c23)C(C)(C)c2ccccc2-4)cc1C([2H])(C)C. The van der Waals surface area contributed by atoms with Gasteiger partial charge in [-0.3, -0.25) is 0 Å². The lowest BCUT2D eigenvalue weighted by Crippen LogP contribution is -2.32. The van der Waals surface area contributed by atoms with Crippen LogP contribution in [-0.4, -0.2) is 0 Å². The maximum absolute atomic E-state index is 8.74. The van der Waals surface area contributed by atoms with Gasteiger partial charge >= 0.3 is 0 Å². The minimum Gasteiger partial charge on any atom is -0.455 e. The van der Waals surface area contributed by atoms with Gasteiger partial charge in [-0.1, -0.05) is 268 Å². The Hall–Kier alpha value is -13.6. The Morgan fingerprint density at radius 3 is 1.01 bits per heavy atom. The third-order valence-corrected chi connectivity index (χ3v) is 29.1. The van der Waals surface area contributed by atoms with E-state index >= 15 is 0 Å². The Morgan fingerprint density at radius 2 is 0.581 bits per heavy atom. The zero-order valence-corrected chi connectivity index (χ0v) is 80.0. The molecule has 1 atom stereocenters. The normalized spacial score (nSPS) is 19.4. The predicted octanol–water partition coefficient (Wildman–Crippen LogP) is 32.5. The zero-order chi connectivity index (χ0) is 122. The molecule has 8 heterocycles. The predicted molar refractivity (Wildman–Crippen MR) is 566 cm³/mol. The smallest absolute Gasteiger partial charge is 0.216 e. The van der Waals surface area contributed by atoms with Crippen molar-refractivity contribution in [2.75, 3.05) is 0 Å². The second-order valence-electron chi connectivity index (χ2n) is 39.3. The molecular weight excluding hydrogens is 1660 g/mol. The first kappa shape index (κ1) is 60.0. The van der Waals surface area contributed by atoms with Gasteiger partial charge in [0.2, 0.25) is 22.8 Å². The molecule has 136 heavy (non-hydrogen) atoms. The Balaban J connectivity index is 0.000000127. The number of hydrogen-bond acceptors (Lipinski definition) is 4. The summed E-state index contributed by atoms with van der Waals surface area (Å²) in [5.41, 5.74) is 22.2. The summed E-state index contributed by atoms with van der Waals surface area (Å²) in [6.07, 6.45) is 6.35. The van der Waals surface area contributed by atoms with Gasteiger partial charge in [0.1, 0.15) is 72.9 Å². The van der Waals surface area contributed by atoms with Crippen LogP contribution in [0.25, 0.3) is 177 Å². The van der Waals surface area contributed by atoms with Gasteiger partial charge in [0, 0.05) is 154 Å². The van der Waals surface area contributed by atoms with Crippen molar-refractivity contribution < 1.29 is 78.4 Å². The number of furan rings is 4. The van der Waals surface area contributed by atoms with Crippen LogP contribution < -0.4 is 18.3 Å². The topological polar surface area (TPSA) is 68.1 Å². The molecule has 0 N–H and O–H groups in total. The second-order valence-corrected chi connectivity index (χ2v) is 39.3. The Kier molecular flexibility index (Phi) is 14.1. The highest BCUT2D eigenvalue weighted by atomic mass is 16.3. The maximum Gasteiger partial charge on any atom is 0.216 e. The van der Waals surface area contributed by atoms with Crippen LogP contribution in [-0.2, 0) is 49.9 Å². The second kappa shape index (κ2) is 32.1. The Morgan fingerprint density at radius 1 is 0.257 bits per heavy atom. The summed E-state index contributed by atoms with van der Waals surface area (Å²) in [6.45, 7) is 4.35. The van der Waals surface area contributed by atoms with Crippen LogP contribution in [0.15, 0.2) is 261 Å². The molecule has 0 saturated heterocycles. The fraction of sp³-hybridized carbons (Fsp3) is 0.281. The molecule has 4 aliphatic rings. The monoisotopic (exact) mass is 1820 g/mol. The molecule has 4 aliphatic carbocycles. The number of benzene rings is 12. The van der Waals surface area contributed by atoms with Crippen molar-refractivity contribution in [1.29, 1.82) is 0 Å². The van der Waals surface area contributed by atoms with Crippen molar-refractivity contribution in [3.8, 4) is 89.5 Å².